The molecule has 0 unspecified atom stereocenters. The summed E-state index contributed by atoms with van der Waals surface area (Å²) in [5, 5.41) is 3.39. The fraction of sp³-hybridized carbons (Fsp3) is 0.381. The number of benzene rings is 2. The maximum Gasteiger partial charge on any atom is 0.293 e. The number of nitrogens with zero attached hydrogens (tertiary/aromatic N) is 1. The molecule has 0 amide bonds. The van der Waals surface area contributed by atoms with Crippen molar-refractivity contribution >= 4 is 17.8 Å². The average molecular weight is 353 g/mol. The summed E-state index contributed by atoms with van der Waals surface area (Å²) in [5.74, 6) is 0.772. The van der Waals surface area contributed by atoms with Gasteiger partial charge in [0.25, 0.3) is 6.47 Å². The first-order chi connectivity index (χ1) is 12.8. The average Bonchev–Trinajstić information content (AvgIpc) is 3.54. The van der Waals surface area contributed by atoms with Crippen molar-refractivity contribution in [1.82, 2.24) is 5.32 Å². The molecule has 1 saturated heterocycles. The van der Waals surface area contributed by atoms with E-state index in [1.807, 2.05) is 36.4 Å². The molecule has 1 aliphatic heterocycles. The summed E-state index contributed by atoms with van der Waals surface area (Å²) in [6.45, 7) is 5.23. The fourth-order valence-corrected chi connectivity index (χ4v) is 3.19. The number of carbonyl (C=O) groups excluding carboxylic acids is 1. The van der Waals surface area contributed by atoms with Crippen molar-refractivity contribution in [3.05, 3.63) is 59.7 Å². The molecule has 4 rings (SSSR count). The highest BCUT2D eigenvalue weighted by molar-refractivity contribution is 5.62. The van der Waals surface area contributed by atoms with Crippen LogP contribution >= 0.6 is 0 Å². The van der Waals surface area contributed by atoms with E-state index in [1.54, 1.807) is 0 Å². The molecule has 1 heterocycles. The highest BCUT2D eigenvalue weighted by Crippen LogP contribution is 2.45. The van der Waals surface area contributed by atoms with Crippen molar-refractivity contribution in [3.63, 3.8) is 0 Å². The number of ether oxygens (including phenoxy) is 1. The molecule has 0 radical (unpaired) electrons. The van der Waals surface area contributed by atoms with E-state index in [9.17, 15) is 4.79 Å². The van der Waals surface area contributed by atoms with Gasteiger partial charge in [0, 0.05) is 37.6 Å². The largest absolute Gasteiger partial charge is 0.463 e. The fourth-order valence-electron chi connectivity index (χ4n) is 3.19. The molecule has 2 aromatic carbocycles. The third-order valence-corrected chi connectivity index (χ3v) is 4.69. The number of carbonyl (C=O) groups is 1. The van der Waals surface area contributed by atoms with E-state index in [2.05, 4.69) is 27.1 Å². The summed E-state index contributed by atoms with van der Waals surface area (Å²) in [6, 6.07) is 16.0. The van der Waals surface area contributed by atoms with Gasteiger partial charge in [-0.3, -0.25) is 4.79 Å². The lowest BCUT2D eigenvalue weighted by Gasteiger charge is -2.31. The normalized spacial score (nSPS) is 16.4. The molecule has 5 nitrogen and oxygen atoms in total. The van der Waals surface area contributed by atoms with Gasteiger partial charge in [0.2, 0.25) is 0 Å². The maximum absolute atomic E-state index is 9.76. The summed E-state index contributed by atoms with van der Waals surface area (Å²) < 4.78 is 4.54. The standard InChI is InChI=1S/C13H19N3.C8H8O2/c14-11-3-4-13(12(9-11)10-1-2-10)16-7-5-15-6-8-16;9-7-10-6-8-4-2-1-3-5-8/h3-4,9-10,15H,1-2,5-8,14H2;1-5,7H,6H2. The minimum Gasteiger partial charge on any atom is -0.463 e. The van der Waals surface area contributed by atoms with E-state index < -0.39 is 0 Å². The van der Waals surface area contributed by atoms with Crippen molar-refractivity contribution in [1.29, 1.82) is 0 Å². The first-order valence-corrected chi connectivity index (χ1v) is 9.22. The number of nitrogens with two attached hydrogens (primary N) is 1. The molecule has 5 heteroatoms. The Morgan fingerprint density at radius 2 is 1.85 bits per heavy atom. The van der Waals surface area contributed by atoms with Crippen LogP contribution in [0.4, 0.5) is 11.4 Å². The summed E-state index contributed by atoms with van der Waals surface area (Å²) in [4.78, 5) is 12.2. The maximum atomic E-state index is 9.76. The topological polar surface area (TPSA) is 67.6 Å². The van der Waals surface area contributed by atoms with Gasteiger partial charge in [-0.2, -0.15) is 0 Å². The van der Waals surface area contributed by atoms with Gasteiger partial charge in [0.1, 0.15) is 6.61 Å². The van der Waals surface area contributed by atoms with Crippen LogP contribution in [0.3, 0.4) is 0 Å². The van der Waals surface area contributed by atoms with Crippen LogP contribution in [0.2, 0.25) is 0 Å². The molecule has 2 aliphatic rings. The molecule has 0 aromatic heterocycles. The van der Waals surface area contributed by atoms with Gasteiger partial charge in [0.15, 0.2) is 0 Å². The Bertz CT molecular complexity index is 696. The van der Waals surface area contributed by atoms with Gasteiger partial charge in [-0.1, -0.05) is 30.3 Å². The van der Waals surface area contributed by atoms with Gasteiger partial charge >= 0.3 is 0 Å². The quantitative estimate of drug-likeness (QED) is 0.639. The number of nitrogen functional groups attached to an aromatic ring is 1. The molecule has 138 valence electrons. The van der Waals surface area contributed by atoms with Crippen LogP contribution in [0, 0.1) is 0 Å². The van der Waals surface area contributed by atoms with Crippen LogP contribution in [0.1, 0.15) is 29.9 Å². The molecule has 2 aromatic rings. The number of hydrogen-bond acceptors (Lipinski definition) is 5. The molecular formula is C21H27N3O2. The lowest BCUT2D eigenvalue weighted by molar-refractivity contribution is -0.129. The van der Waals surface area contributed by atoms with Crippen molar-refractivity contribution in [2.45, 2.75) is 25.4 Å². The van der Waals surface area contributed by atoms with Crippen molar-refractivity contribution < 1.29 is 9.53 Å². The Labute approximate surface area is 155 Å². The molecule has 0 spiro atoms. The third-order valence-electron chi connectivity index (χ3n) is 4.69. The Kier molecular flexibility index (Phi) is 6.50. The van der Waals surface area contributed by atoms with Crippen LogP contribution in [-0.2, 0) is 16.1 Å². The minimum absolute atomic E-state index is 0.365. The van der Waals surface area contributed by atoms with Crippen LogP contribution in [0.5, 0.6) is 0 Å². The zero-order chi connectivity index (χ0) is 18.2. The Balaban J connectivity index is 0.000000170. The zero-order valence-corrected chi connectivity index (χ0v) is 15.1. The van der Waals surface area contributed by atoms with Gasteiger partial charge in [-0.25, -0.2) is 0 Å². The molecule has 2 fully saturated rings. The van der Waals surface area contributed by atoms with E-state index in [1.165, 1.54) is 24.1 Å². The predicted molar refractivity (Wildman–Crippen MR) is 105 cm³/mol. The number of hydrogen-bond donors (Lipinski definition) is 2. The molecule has 3 N–H and O–H groups in total. The Morgan fingerprint density at radius 1 is 1.12 bits per heavy atom. The predicted octanol–water partition coefficient (Wildman–Crippen LogP) is 2.92. The summed E-state index contributed by atoms with van der Waals surface area (Å²) in [6.07, 6.45) is 2.67. The second kappa shape index (κ2) is 9.25. The van der Waals surface area contributed by atoms with Crippen molar-refractivity contribution in [3.8, 4) is 0 Å². The Morgan fingerprint density at radius 3 is 2.50 bits per heavy atom. The summed E-state index contributed by atoms with van der Waals surface area (Å²) in [5.41, 5.74) is 10.7. The number of anilines is 2. The smallest absolute Gasteiger partial charge is 0.293 e. The van der Waals surface area contributed by atoms with Crippen LogP contribution in [-0.4, -0.2) is 32.7 Å². The van der Waals surface area contributed by atoms with Crippen LogP contribution in [0.15, 0.2) is 48.5 Å². The summed E-state index contributed by atoms with van der Waals surface area (Å²) >= 11 is 0. The van der Waals surface area contributed by atoms with Gasteiger partial charge in [-0.15, -0.1) is 0 Å². The van der Waals surface area contributed by atoms with E-state index in [-0.39, 0.29) is 0 Å². The van der Waals surface area contributed by atoms with Crippen molar-refractivity contribution in [2.24, 2.45) is 0 Å². The first-order valence-electron chi connectivity index (χ1n) is 9.22. The second-order valence-corrected chi connectivity index (χ2v) is 6.72. The third kappa shape index (κ3) is 5.23. The van der Waals surface area contributed by atoms with E-state index in [0.717, 1.165) is 43.3 Å². The van der Waals surface area contributed by atoms with Crippen LogP contribution in [0.25, 0.3) is 0 Å². The highest BCUT2D eigenvalue weighted by Gasteiger charge is 2.28. The monoisotopic (exact) mass is 353 g/mol. The van der Waals surface area contributed by atoms with E-state index >= 15 is 0 Å². The number of rotatable bonds is 5. The van der Waals surface area contributed by atoms with Gasteiger partial charge in [0.05, 0.1) is 0 Å². The SMILES string of the molecule is Nc1ccc(N2CCNCC2)c(C2CC2)c1.O=COCc1ccccc1. The number of piperazine rings is 1. The molecule has 0 bridgehead atoms. The zero-order valence-electron chi connectivity index (χ0n) is 15.1. The molecule has 1 aliphatic carbocycles. The van der Waals surface area contributed by atoms with E-state index in [0.29, 0.717) is 13.1 Å². The van der Waals surface area contributed by atoms with E-state index in [4.69, 9.17) is 5.73 Å². The molecule has 26 heavy (non-hydrogen) atoms. The van der Waals surface area contributed by atoms with Crippen molar-refractivity contribution in [2.75, 3.05) is 36.8 Å². The lowest BCUT2D eigenvalue weighted by Crippen LogP contribution is -2.43. The van der Waals surface area contributed by atoms with Crippen LogP contribution < -0.4 is 16.0 Å². The second-order valence-electron chi connectivity index (χ2n) is 6.72. The Hall–Kier alpha value is -2.53. The lowest BCUT2D eigenvalue weighted by atomic mass is 10.1. The van der Waals surface area contributed by atoms with Gasteiger partial charge in [-0.05, 0) is 48.1 Å². The summed E-state index contributed by atoms with van der Waals surface area (Å²) in [7, 11) is 0. The molecule has 1 saturated carbocycles. The minimum atomic E-state index is 0.365. The first kappa shape index (κ1) is 18.3. The highest BCUT2D eigenvalue weighted by atomic mass is 16.5. The molecule has 0 atom stereocenters. The van der Waals surface area contributed by atoms with Gasteiger partial charge < -0.3 is 20.7 Å². The molecular weight excluding hydrogens is 326 g/mol. The number of nitrogens with one attached hydrogen (secondary N) is 1.